The Balaban J connectivity index is 1.32. The Kier molecular flexibility index (Phi) is 8.12. The Labute approximate surface area is 246 Å². The van der Waals surface area contributed by atoms with Gasteiger partial charge in [0.25, 0.3) is 5.91 Å². The summed E-state index contributed by atoms with van der Waals surface area (Å²) >= 11 is 0. The van der Waals surface area contributed by atoms with Crippen molar-refractivity contribution in [3.05, 3.63) is 77.0 Å². The molecule has 0 atom stereocenters. The molecule has 0 bridgehead atoms. The van der Waals surface area contributed by atoms with Crippen LogP contribution in [0, 0.1) is 23.3 Å². The molecule has 1 aliphatic heterocycles. The molecule has 0 radical (unpaired) electrons. The van der Waals surface area contributed by atoms with Crippen molar-refractivity contribution in [3.63, 3.8) is 0 Å². The summed E-state index contributed by atoms with van der Waals surface area (Å²) in [5, 5.41) is 19.8. The highest BCUT2D eigenvalue weighted by atomic mass is 19.1. The minimum Gasteiger partial charge on any atom is -0.390 e. The van der Waals surface area contributed by atoms with E-state index in [4.69, 9.17) is 4.52 Å². The Bertz CT molecular complexity index is 1520. The van der Waals surface area contributed by atoms with Crippen molar-refractivity contribution in [3.8, 4) is 11.3 Å². The fraction of sp³-hybridized carbons (Fsp3) is 0.452. The van der Waals surface area contributed by atoms with Crippen molar-refractivity contribution in [1.29, 1.82) is 0 Å². The van der Waals surface area contributed by atoms with E-state index in [0.717, 1.165) is 31.0 Å². The number of hydrogen-bond donors (Lipinski definition) is 3. The van der Waals surface area contributed by atoms with Crippen LogP contribution in [0.15, 0.2) is 47.0 Å². The maximum absolute atomic E-state index is 14.5. The van der Waals surface area contributed by atoms with Gasteiger partial charge in [0, 0.05) is 42.9 Å². The number of carbonyl (C=O) groups is 2. The van der Waals surface area contributed by atoms with Crippen molar-refractivity contribution in [2.75, 3.05) is 13.1 Å². The smallest absolute Gasteiger partial charge is 0.274 e. The summed E-state index contributed by atoms with van der Waals surface area (Å²) in [6.07, 6.45) is 2.63. The maximum atomic E-state index is 14.5. The summed E-state index contributed by atoms with van der Waals surface area (Å²) < 4.78 is 60.8. The standard InChI is InChI=1S/C31H34F4N4O4/c1-29(2,22-7-5-19(33)13-24(22)35)36-27(40)15-31(16-39(17-31)20-8-10-30(3,42)11-9-20)37-28(41)25-14-26(43-38-25)21-6-4-18(32)12-23(21)34/h4-7,12-14,20,42H,8-11,15-17H2,1-3H3,(H,36,40)(H,37,41). The van der Waals surface area contributed by atoms with Gasteiger partial charge in [0.1, 0.15) is 23.3 Å². The molecule has 2 amide bonds. The predicted molar refractivity (Wildman–Crippen MR) is 149 cm³/mol. The Morgan fingerprint density at radius 3 is 2.28 bits per heavy atom. The molecule has 2 aromatic carbocycles. The van der Waals surface area contributed by atoms with Gasteiger partial charge in [0.05, 0.1) is 28.7 Å². The second kappa shape index (κ2) is 11.4. The number of nitrogens with zero attached hydrogens (tertiary/aromatic N) is 2. The van der Waals surface area contributed by atoms with E-state index in [0.29, 0.717) is 32.0 Å². The van der Waals surface area contributed by atoms with Crippen molar-refractivity contribution in [2.24, 2.45) is 0 Å². The summed E-state index contributed by atoms with van der Waals surface area (Å²) in [6.45, 7) is 5.67. The van der Waals surface area contributed by atoms with Gasteiger partial charge >= 0.3 is 0 Å². The van der Waals surface area contributed by atoms with Gasteiger partial charge in [-0.3, -0.25) is 14.5 Å². The van der Waals surface area contributed by atoms with E-state index in [1.54, 1.807) is 13.8 Å². The average molecular weight is 603 g/mol. The number of rotatable bonds is 8. The van der Waals surface area contributed by atoms with Crippen molar-refractivity contribution in [1.82, 2.24) is 20.7 Å². The zero-order valence-corrected chi connectivity index (χ0v) is 24.1. The molecule has 1 saturated heterocycles. The van der Waals surface area contributed by atoms with E-state index in [1.165, 1.54) is 18.2 Å². The summed E-state index contributed by atoms with van der Waals surface area (Å²) in [6, 6.07) is 7.47. The van der Waals surface area contributed by atoms with Gasteiger partial charge in [0.2, 0.25) is 5.91 Å². The largest absolute Gasteiger partial charge is 0.390 e. The third kappa shape index (κ3) is 6.75. The minimum atomic E-state index is -1.18. The lowest BCUT2D eigenvalue weighted by Crippen LogP contribution is -2.73. The van der Waals surface area contributed by atoms with Gasteiger partial charge in [-0.05, 0) is 64.7 Å². The van der Waals surface area contributed by atoms with Crippen molar-refractivity contribution < 1.29 is 36.8 Å². The van der Waals surface area contributed by atoms with E-state index in [2.05, 4.69) is 20.7 Å². The molecule has 43 heavy (non-hydrogen) atoms. The van der Waals surface area contributed by atoms with E-state index < -0.39 is 51.8 Å². The van der Waals surface area contributed by atoms with Crippen LogP contribution in [0.25, 0.3) is 11.3 Å². The van der Waals surface area contributed by atoms with Crippen LogP contribution in [0.4, 0.5) is 17.6 Å². The van der Waals surface area contributed by atoms with Crippen LogP contribution >= 0.6 is 0 Å². The van der Waals surface area contributed by atoms with Gasteiger partial charge in [-0.25, -0.2) is 17.6 Å². The van der Waals surface area contributed by atoms with Crippen LogP contribution in [-0.2, 0) is 10.3 Å². The molecule has 5 rings (SSSR count). The van der Waals surface area contributed by atoms with Gasteiger partial charge in [-0.15, -0.1) is 0 Å². The minimum absolute atomic E-state index is 0.0676. The first-order valence-electron chi connectivity index (χ1n) is 14.1. The number of aromatic nitrogens is 1. The molecule has 12 heteroatoms. The van der Waals surface area contributed by atoms with Crippen LogP contribution in [0.3, 0.4) is 0 Å². The molecule has 2 fully saturated rings. The molecule has 3 aromatic rings. The molecule has 2 aliphatic rings. The monoisotopic (exact) mass is 602 g/mol. The highest BCUT2D eigenvalue weighted by molar-refractivity contribution is 5.94. The number of amides is 2. The number of carbonyl (C=O) groups excluding carboxylic acids is 2. The predicted octanol–water partition coefficient (Wildman–Crippen LogP) is 4.82. The topological polar surface area (TPSA) is 108 Å². The number of hydrogen-bond acceptors (Lipinski definition) is 6. The second-order valence-electron chi connectivity index (χ2n) is 12.5. The average Bonchev–Trinajstić information content (AvgIpc) is 3.36. The molecule has 2 heterocycles. The Hall–Kier alpha value is -3.77. The zero-order valence-electron chi connectivity index (χ0n) is 24.1. The quantitative estimate of drug-likeness (QED) is 0.320. The van der Waals surface area contributed by atoms with Crippen molar-refractivity contribution in [2.45, 2.75) is 75.6 Å². The van der Waals surface area contributed by atoms with E-state index in [-0.39, 0.29) is 35.0 Å². The number of halogens is 4. The van der Waals surface area contributed by atoms with Crippen LogP contribution in [-0.4, -0.2) is 57.2 Å². The van der Waals surface area contributed by atoms with Gasteiger partial charge in [-0.2, -0.15) is 0 Å². The third-order valence-electron chi connectivity index (χ3n) is 8.43. The molecule has 1 aromatic heterocycles. The van der Waals surface area contributed by atoms with Crippen LogP contribution < -0.4 is 10.6 Å². The molecule has 1 aliphatic carbocycles. The zero-order chi connectivity index (χ0) is 31.2. The molecule has 0 unspecified atom stereocenters. The van der Waals surface area contributed by atoms with Gasteiger partial charge in [-0.1, -0.05) is 11.2 Å². The number of likely N-dealkylation sites (tertiary alicyclic amines) is 1. The maximum Gasteiger partial charge on any atom is 0.274 e. The van der Waals surface area contributed by atoms with Gasteiger partial charge < -0.3 is 20.3 Å². The van der Waals surface area contributed by atoms with E-state index >= 15 is 0 Å². The number of benzene rings is 2. The summed E-state index contributed by atoms with van der Waals surface area (Å²) in [5.41, 5.74) is -3.03. The van der Waals surface area contributed by atoms with Crippen molar-refractivity contribution >= 4 is 11.8 Å². The first-order valence-corrected chi connectivity index (χ1v) is 14.1. The summed E-state index contributed by atoms with van der Waals surface area (Å²) in [7, 11) is 0. The molecular weight excluding hydrogens is 568 g/mol. The fourth-order valence-corrected chi connectivity index (χ4v) is 6.08. The fourth-order valence-electron chi connectivity index (χ4n) is 6.08. The molecule has 3 N–H and O–H groups in total. The number of aliphatic hydroxyl groups is 1. The lowest BCUT2D eigenvalue weighted by molar-refractivity contribution is -0.127. The molecule has 0 spiro atoms. The highest BCUT2D eigenvalue weighted by Crippen LogP contribution is 2.37. The molecule has 8 nitrogen and oxygen atoms in total. The highest BCUT2D eigenvalue weighted by Gasteiger charge is 2.49. The summed E-state index contributed by atoms with van der Waals surface area (Å²) in [4.78, 5) is 28.8. The van der Waals surface area contributed by atoms with E-state index in [1.807, 2.05) is 6.92 Å². The molecule has 1 saturated carbocycles. The second-order valence-corrected chi connectivity index (χ2v) is 12.5. The van der Waals surface area contributed by atoms with Crippen LogP contribution in [0.1, 0.15) is 68.9 Å². The third-order valence-corrected chi connectivity index (χ3v) is 8.43. The first-order chi connectivity index (χ1) is 20.2. The van der Waals surface area contributed by atoms with Crippen LogP contribution in [0.2, 0.25) is 0 Å². The Morgan fingerprint density at radius 2 is 1.65 bits per heavy atom. The first kappa shape index (κ1) is 30.7. The van der Waals surface area contributed by atoms with Gasteiger partial charge in [0.15, 0.2) is 11.5 Å². The Morgan fingerprint density at radius 1 is 1.02 bits per heavy atom. The normalized spacial score (nSPS) is 22.1. The van der Waals surface area contributed by atoms with E-state index in [9.17, 15) is 32.3 Å². The SMILES string of the molecule is CC1(O)CCC(N2CC(CC(=O)NC(C)(C)c3ccc(F)cc3F)(NC(=O)c3cc(-c4ccc(F)cc4F)on3)C2)CC1. The lowest BCUT2D eigenvalue weighted by Gasteiger charge is -2.54. The number of nitrogens with one attached hydrogen (secondary N) is 2. The molecule has 230 valence electrons. The lowest BCUT2D eigenvalue weighted by atomic mass is 9.78. The van der Waals surface area contributed by atoms with Crippen LogP contribution in [0.5, 0.6) is 0 Å². The molecular formula is C31H34F4N4O4. The summed E-state index contributed by atoms with van der Waals surface area (Å²) in [5.74, 6) is -4.35.